The molecule has 2 saturated heterocycles. The van der Waals surface area contributed by atoms with Crippen LogP contribution in [-0.4, -0.2) is 49.0 Å². The molecule has 1 aromatic rings. The maximum absolute atomic E-state index is 12.7. The fourth-order valence-electron chi connectivity index (χ4n) is 3.16. The molecule has 2 aliphatic heterocycles. The summed E-state index contributed by atoms with van der Waals surface area (Å²) in [5, 5.41) is 0.0213. The second-order valence-corrected chi connectivity index (χ2v) is 8.01. The van der Waals surface area contributed by atoms with E-state index in [2.05, 4.69) is 9.97 Å². The van der Waals surface area contributed by atoms with Crippen molar-refractivity contribution in [3.63, 3.8) is 0 Å². The third-order valence-electron chi connectivity index (χ3n) is 4.37. The van der Waals surface area contributed by atoms with Crippen LogP contribution in [0.5, 0.6) is 0 Å². The molecule has 2 fully saturated rings. The Bertz CT molecular complexity index is 611. The van der Waals surface area contributed by atoms with Gasteiger partial charge < -0.3 is 4.74 Å². The van der Waals surface area contributed by atoms with Gasteiger partial charge in [-0.15, -0.1) is 0 Å². The van der Waals surface area contributed by atoms with Gasteiger partial charge in [-0.05, 0) is 31.1 Å². The minimum absolute atomic E-state index is 0.0512. The highest BCUT2D eigenvalue weighted by Crippen LogP contribution is 2.40. The van der Waals surface area contributed by atoms with Crippen LogP contribution in [0.25, 0.3) is 0 Å². The smallest absolute Gasteiger partial charge is 0.262 e. The zero-order chi connectivity index (χ0) is 14.9. The topological polar surface area (TPSA) is 72.4 Å². The molecule has 3 rings (SSSR count). The molecule has 3 heterocycles. The molecule has 0 atom stereocenters. The van der Waals surface area contributed by atoms with Gasteiger partial charge in [-0.25, -0.2) is 13.4 Å². The average molecular weight is 332 g/mol. The summed E-state index contributed by atoms with van der Waals surface area (Å²) in [5.74, 6) is 0. The van der Waals surface area contributed by atoms with Crippen molar-refractivity contribution in [2.75, 3.05) is 26.3 Å². The van der Waals surface area contributed by atoms with Gasteiger partial charge in [0.25, 0.3) is 10.0 Å². The quantitative estimate of drug-likeness (QED) is 0.825. The maximum Gasteiger partial charge on any atom is 0.262 e. The Morgan fingerprint density at radius 2 is 2.00 bits per heavy atom. The van der Waals surface area contributed by atoms with Crippen LogP contribution in [0, 0.1) is 5.41 Å². The summed E-state index contributed by atoms with van der Waals surface area (Å²) in [6, 6.07) is 0. The van der Waals surface area contributed by atoms with Crippen LogP contribution >= 0.6 is 11.6 Å². The number of piperidine rings is 1. The first kappa shape index (κ1) is 15.1. The molecule has 21 heavy (non-hydrogen) atoms. The zero-order valence-corrected chi connectivity index (χ0v) is 13.2. The summed E-state index contributed by atoms with van der Waals surface area (Å²) < 4.78 is 32.3. The number of rotatable bonds is 2. The summed E-state index contributed by atoms with van der Waals surface area (Å²) in [6.07, 6.45) is 6.35. The summed E-state index contributed by atoms with van der Waals surface area (Å²) in [5.41, 5.74) is 0.0512. The Balaban J connectivity index is 1.85. The Hall–Kier alpha value is -0.760. The van der Waals surface area contributed by atoms with Gasteiger partial charge in [0.2, 0.25) is 0 Å². The maximum atomic E-state index is 12.7. The van der Waals surface area contributed by atoms with Crippen molar-refractivity contribution in [2.45, 2.75) is 30.7 Å². The van der Waals surface area contributed by atoms with Crippen molar-refractivity contribution in [3.05, 3.63) is 17.5 Å². The molecule has 0 N–H and O–H groups in total. The highest BCUT2D eigenvalue weighted by Gasteiger charge is 2.41. The predicted octanol–water partition coefficient (Wildman–Crippen LogP) is 1.71. The molecule has 0 aliphatic carbocycles. The molecule has 6 nitrogen and oxygen atoms in total. The lowest BCUT2D eigenvalue weighted by atomic mass is 9.74. The Morgan fingerprint density at radius 3 is 2.71 bits per heavy atom. The summed E-state index contributed by atoms with van der Waals surface area (Å²) in [7, 11) is -3.63. The van der Waals surface area contributed by atoms with Crippen LogP contribution in [-0.2, 0) is 14.8 Å². The fraction of sp³-hybridized carbons (Fsp3) is 0.692. The van der Waals surface area contributed by atoms with Crippen molar-refractivity contribution < 1.29 is 13.2 Å². The van der Waals surface area contributed by atoms with E-state index >= 15 is 0 Å². The van der Waals surface area contributed by atoms with Gasteiger partial charge >= 0.3 is 0 Å². The number of halogens is 1. The second-order valence-electron chi connectivity index (χ2n) is 5.73. The number of ether oxygens (including phenoxy) is 1. The Kier molecular flexibility index (Phi) is 4.18. The van der Waals surface area contributed by atoms with Crippen molar-refractivity contribution in [3.8, 4) is 0 Å². The molecular formula is C13H18ClN3O3S. The summed E-state index contributed by atoms with van der Waals surface area (Å²) in [6.45, 7) is 2.49. The van der Waals surface area contributed by atoms with Crippen LogP contribution in [0.4, 0.5) is 0 Å². The molecule has 8 heteroatoms. The van der Waals surface area contributed by atoms with E-state index < -0.39 is 10.0 Å². The largest absolute Gasteiger partial charge is 0.381 e. The number of nitrogens with zero attached hydrogens (tertiary/aromatic N) is 3. The summed E-state index contributed by atoms with van der Waals surface area (Å²) >= 11 is 5.76. The Labute approximate surface area is 129 Å². The van der Waals surface area contributed by atoms with Gasteiger partial charge in [-0.2, -0.15) is 4.31 Å². The standard InChI is InChI=1S/C13H18ClN3O3S/c14-11-8-15-9-12(16-11)21(18,19)17-5-1-2-13(10-17)3-6-20-7-4-13/h8-9H,1-7,10H2. The van der Waals surface area contributed by atoms with Gasteiger partial charge in [0.05, 0.1) is 12.4 Å². The molecule has 1 spiro atoms. The average Bonchev–Trinajstić information content (AvgIpc) is 2.48. The predicted molar refractivity (Wildman–Crippen MR) is 77.5 cm³/mol. The lowest BCUT2D eigenvalue weighted by Gasteiger charge is -2.44. The second kappa shape index (κ2) is 5.79. The minimum atomic E-state index is -3.63. The lowest BCUT2D eigenvalue weighted by molar-refractivity contribution is -0.0117. The first-order valence-electron chi connectivity index (χ1n) is 7.07. The van der Waals surface area contributed by atoms with E-state index in [-0.39, 0.29) is 15.6 Å². The molecule has 0 unspecified atom stereocenters. The van der Waals surface area contributed by atoms with E-state index in [1.807, 2.05) is 0 Å². The minimum Gasteiger partial charge on any atom is -0.381 e. The van der Waals surface area contributed by atoms with Crippen molar-refractivity contribution in [1.29, 1.82) is 0 Å². The SMILES string of the molecule is O=S(=O)(c1cncc(Cl)n1)N1CCCC2(CCOCC2)C1. The van der Waals surface area contributed by atoms with Crippen molar-refractivity contribution >= 4 is 21.6 Å². The highest BCUT2D eigenvalue weighted by atomic mass is 35.5. The number of sulfonamides is 1. The van der Waals surface area contributed by atoms with Crippen LogP contribution in [0.15, 0.2) is 17.4 Å². The van der Waals surface area contributed by atoms with Gasteiger partial charge in [-0.1, -0.05) is 11.6 Å². The van der Waals surface area contributed by atoms with Crippen molar-refractivity contribution in [2.24, 2.45) is 5.41 Å². The first-order chi connectivity index (χ1) is 10.0. The zero-order valence-electron chi connectivity index (χ0n) is 11.7. The molecule has 0 aromatic carbocycles. The van der Waals surface area contributed by atoms with Gasteiger partial charge in [0, 0.05) is 26.3 Å². The van der Waals surface area contributed by atoms with Crippen LogP contribution in [0.3, 0.4) is 0 Å². The summed E-state index contributed by atoms with van der Waals surface area (Å²) in [4.78, 5) is 7.73. The molecule has 116 valence electrons. The van der Waals surface area contributed by atoms with Crippen LogP contribution in [0.1, 0.15) is 25.7 Å². The molecule has 0 radical (unpaired) electrons. The molecule has 1 aromatic heterocycles. The van der Waals surface area contributed by atoms with Gasteiger partial charge in [-0.3, -0.25) is 4.98 Å². The number of hydrogen-bond donors (Lipinski definition) is 0. The van der Waals surface area contributed by atoms with Crippen LogP contribution < -0.4 is 0 Å². The van der Waals surface area contributed by atoms with E-state index in [0.717, 1.165) is 25.7 Å². The van der Waals surface area contributed by atoms with Crippen molar-refractivity contribution in [1.82, 2.24) is 14.3 Å². The normalized spacial score (nSPS) is 23.3. The first-order valence-corrected chi connectivity index (χ1v) is 8.89. The molecule has 0 amide bonds. The van der Waals surface area contributed by atoms with Gasteiger partial charge in [0.1, 0.15) is 5.15 Å². The van der Waals surface area contributed by atoms with E-state index in [1.54, 1.807) is 0 Å². The monoisotopic (exact) mass is 331 g/mol. The lowest BCUT2D eigenvalue weighted by Crippen LogP contribution is -2.48. The third kappa shape index (κ3) is 3.06. The van der Waals surface area contributed by atoms with E-state index in [0.29, 0.717) is 26.3 Å². The van der Waals surface area contributed by atoms with Crippen LogP contribution in [0.2, 0.25) is 5.15 Å². The van der Waals surface area contributed by atoms with Gasteiger partial charge in [0.15, 0.2) is 5.03 Å². The highest BCUT2D eigenvalue weighted by molar-refractivity contribution is 7.89. The van der Waals surface area contributed by atoms with E-state index in [9.17, 15) is 8.42 Å². The molecule has 0 bridgehead atoms. The Morgan fingerprint density at radius 1 is 1.24 bits per heavy atom. The van der Waals surface area contributed by atoms with E-state index in [4.69, 9.17) is 16.3 Å². The van der Waals surface area contributed by atoms with E-state index in [1.165, 1.54) is 16.7 Å². The molecule has 0 saturated carbocycles. The molecular weight excluding hydrogens is 314 g/mol. The number of hydrogen-bond acceptors (Lipinski definition) is 5. The number of aromatic nitrogens is 2. The molecule has 2 aliphatic rings. The fourth-order valence-corrected chi connectivity index (χ4v) is 4.85. The third-order valence-corrected chi connectivity index (χ3v) is 6.27.